The minimum Gasteiger partial charge on any atom is -0.444 e. The number of H-pyrrole nitrogens is 1. The molecule has 0 spiro atoms. The second-order valence-electron chi connectivity index (χ2n) is 7.02. The van der Waals surface area contributed by atoms with Crippen LogP contribution in [0, 0.1) is 13.8 Å². The van der Waals surface area contributed by atoms with E-state index in [4.69, 9.17) is 4.74 Å². The van der Waals surface area contributed by atoms with E-state index in [9.17, 15) is 4.79 Å². The van der Waals surface area contributed by atoms with Gasteiger partial charge in [-0.3, -0.25) is 0 Å². The predicted octanol–water partition coefficient (Wildman–Crippen LogP) is 2.52. The number of nitrogens with zero attached hydrogens (tertiary/aromatic N) is 2. The Morgan fingerprint density at radius 3 is 2.50 bits per heavy atom. The van der Waals surface area contributed by atoms with E-state index in [1.54, 1.807) is 4.90 Å². The molecule has 1 fully saturated rings. The van der Waals surface area contributed by atoms with Crippen LogP contribution in [-0.4, -0.2) is 45.7 Å². The molecule has 2 rings (SSSR count). The lowest BCUT2D eigenvalue weighted by Crippen LogP contribution is -2.46. The van der Waals surface area contributed by atoms with Crippen LogP contribution >= 0.6 is 0 Å². The lowest BCUT2D eigenvalue weighted by atomic mass is 10.1. The van der Waals surface area contributed by atoms with Gasteiger partial charge in [-0.2, -0.15) is 0 Å². The Labute approximate surface area is 132 Å². The first kappa shape index (κ1) is 16.8. The van der Waals surface area contributed by atoms with E-state index in [0.717, 1.165) is 49.7 Å². The van der Waals surface area contributed by atoms with Crippen molar-refractivity contribution in [2.75, 3.05) is 13.1 Å². The molecular formula is C16H28N4O2. The summed E-state index contributed by atoms with van der Waals surface area (Å²) in [5, 5.41) is 3.54. The molecule has 1 aliphatic rings. The van der Waals surface area contributed by atoms with Crippen molar-refractivity contribution in [3.8, 4) is 0 Å². The number of piperidine rings is 1. The van der Waals surface area contributed by atoms with Gasteiger partial charge in [-0.1, -0.05) is 0 Å². The van der Waals surface area contributed by atoms with Gasteiger partial charge in [-0.25, -0.2) is 9.78 Å². The van der Waals surface area contributed by atoms with E-state index in [1.165, 1.54) is 0 Å². The lowest BCUT2D eigenvalue weighted by molar-refractivity contribution is 0.0198. The van der Waals surface area contributed by atoms with E-state index in [-0.39, 0.29) is 6.09 Å². The van der Waals surface area contributed by atoms with Crippen LogP contribution in [0.5, 0.6) is 0 Å². The summed E-state index contributed by atoms with van der Waals surface area (Å²) in [6, 6.07) is 0.426. The Hall–Kier alpha value is -1.56. The second-order valence-corrected chi connectivity index (χ2v) is 7.02. The summed E-state index contributed by atoms with van der Waals surface area (Å²) in [4.78, 5) is 21.5. The van der Waals surface area contributed by atoms with Gasteiger partial charge in [0, 0.05) is 31.4 Å². The first-order valence-corrected chi connectivity index (χ1v) is 7.98. The van der Waals surface area contributed by atoms with Crippen molar-refractivity contribution in [3.05, 3.63) is 17.2 Å². The number of hydrogen-bond donors (Lipinski definition) is 2. The summed E-state index contributed by atoms with van der Waals surface area (Å²) in [5.41, 5.74) is 1.77. The maximum Gasteiger partial charge on any atom is 0.410 e. The van der Waals surface area contributed by atoms with Crippen LogP contribution in [0.3, 0.4) is 0 Å². The molecule has 1 amide bonds. The van der Waals surface area contributed by atoms with Gasteiger partial charge in [0.05, 0.1) is 5.69 Å². The Kier molecular flexibility index (Phi) is 5.11. The minimum absolute atomic E-state index is 0.204. The molecule has 1 saturated heterocycles. The third-order valence-corrected chi connectivity index (χ3v) is 3.81. The second kappa shape index (κ2) is 6.69. The normalized spacial score (nSPS) is 16.9. The third kappa shape index (κ3) is 4.73. The molecule has 2 N–H and O–H groups in total. The zero-order chi connectivity index (χ0) is 16.3. The van der Waals surface area contributed by atoms with E-state index in [2.05, 4.69) is 15.3 Å². The lowest BCUT2D eigenvalue weighted by Gasteiger charge is -2.33. The fourth-order valence-electron chi connectivity index (χ4n) is 2.66. The van der Waals surface area contributed by atoms with Gasteiger partial charge >= 0.3 is 6.09 Å². The highest BCUT2D eigenvalue weighted by Gasteiger charge is 2.26. The molecule has 22 heavy (non-hydrogen) atoms. The third-order valence-electron chi connectivity index (χ3n) is 3.81. The average molecular weight is 308 g/mol. The number of likely N-dealkylation sites (tertiary alicyclic amines) is 1. The summed E-state index contributed by atoms with van der Waals surface area (Å²) >= 11 is 0. The smallest absolute Gasteiger partial charge is 0.410 e. The molecule has 0 bridgehead atoms. The molecule has 0 atom stereocenters. The molecule has 1 aromatic rings. The predicted molar refractivity (Wildman–Crippen MR) is 85.7 cm³/mol. The summed E-state index contributed by atoms with van der Waals surface area (Å²) < 4.78 is 5.41. The minimum atomic E-state index is -0.429. The zero-order valence-corrected chi connectivity index (χ0v) is 14.3. The highest BCUT2D eigenvalue weighted by Crippen LogP contribution is 2.16. The van der Waals surface area contributed by atoms with E-state index in [0.29, 0.717) is 6.04 Å². The highest BCUT2D eigenvalue weighted by atomic mass is 16.6. The van der Waals surface area contributed by atoms with Gasteiger partial charge in [-0.15, -0.1) is 0 Å². The van der Waals surface area contributed by atoms with Gasteiger partial charge in [-0.05, 0) is 47.5 Å². The van der Waals surface area contributed by atoms with Crippen LogP contribution in [0.4, 0.5) is 4.79 Å². The monoisotopic (exact) mass is 308 g/mol. The number of ether oxygens (including phenoxy) is 1. The first-order chi connectivity index (χ1) is 10.2. The fourth-order valence-corrected chi connectivity index (χ4v) is 2.66. The Bertz CT molecular complexity index is 511. The number of aromatic amines is 1. The van der Waals surface area contributed by atoms with Gasteiger partial charge in [0.2, 0.25) is 0 Å². The number of carbonyl (C=O) groups excluding carboxylic acids is 1. The van der Waals surface area contributed by atoms with Crippen LogP contribution in [0.2, 0.25) is 0 Å². The largest absolute Gasteiger partial charge is 0.444 e. The van der Waals surface area contributed by atoms with E-state index >= 15 is 0 Å². The van der Waals surface area contributed by atoms with Crippen LogP contribution in [0.25, 0.3) is 0 Å². The molecule has 0 saturated carbocycles. The van der Waals surface area contributed by atoms with Crippen LogP contribution in [-0.2, 0) is 11.3 Å². The standard InChI is InChI=1S/C16H28N4O2/c1-11-14(19-12(2)18-11)10-17-13-6-8-20(9-7-13)15(21)22-16(3,4)5/h13,17H,6-10H2,1-5H3,(H,18,19). The van der Waals surface area contributed by atoms with Gasteiger partial charge in [0.25, 0.3) is 0 Å². The molecule has 0 unspecified atom stereocenters. The molecule has 6 heteroatoms. The van der Waals surface area contributed by atoms with E-state index in [1.807, 2.05) is 34.6 Å². The van der Waals surface area contributed by atoms with Crippen molar-refractivity contribution in [2.45, 2.75) is 65.6 Å². The van der Waals surface area contributed by atoms with Crippen molar-refractivity contribution in [2.24, 2.45) is 0 Å². The van der Waals surface area contributed by atoms with Crippen LogP contribution in [0.15, 0.2) is 0 Å². The van der Waals surface area contributed by atoms with Crippen molar-refractivity contribution in [1.29, 1.82) is 0 Å². The Morgan fingerprint density at radius 1 is 1.36 bits per heavy atom. The van der Waals surface area contributed by atoms with Crippen LogP contribution < -0.4 is 5.32 Å². The van der Waals surface area contributed by atoms with Crippen molar-refractivity contribution >= 4 is 6.09 Å². The molecule has 0 aliphatic carbocycles. The van der Waals surface area contributed by atoms with Crippen LogP contribution in [0.1, 0.15) is 50.8 Å². The number of carbonyl (C=O) groups is 1. The Morgan fingerprint density at radius 2 is 2.00 bits per heavy atom. The molecule has 1 aromatic heterocycles. The molecule has 0 aromatic carbocycles. The molecule has 2 heterocycles. The number of aryl methyl sites for hydroxylation is 2. The average Bonchev–Trinajstić information content (AvgIpc) is 2.73. The molecule has 1 aliphatic heterocycles. The van der Waals surface area contributed by atoms with E-state index < -0.39 is 5.60 Å². The number of amides is 1. The number of hydrogen-bond acceptors (Lipinski definition) is 4. The quantitative estimate of drug-likeness (QED) is 0.900. The number of nitrogens with one attached hydrogen (secondary N) is 2. The first-order valence-electron chi connectivity index (χ1n) is 7.98. The van der Waals surface area contributed by atoms with Gasteiger partial charge in [0.1, 0.15) is 11.4 Å². The molecular weight excluding hydrogens is 280 g/mol. The topological polar surface area (TPSA) is 70.2 Å². The van der Waals surface area contributed by atoms with Crippen molar-refractivity contribution in [3.63, 3.8) is 0 Å². The molecule has 0 radical (unpaired) electrons. The van der Waals surface area contributed by atoms with Crippen molar-refractivity contribution in [1.82, 2.24) is 20.2 Å². The molecule has 124 valence electrons. The number of aromatic nitrogens is 2. The summed E-state index contributed by atoms with van der Waals surface area (Å²) in [6.07, 6.45) is 1.69. The number of imidazole rings is 1. The van der Waals surface area contributed by atoms with Crippen molar-refractivity contribution < 1.29 is 9.53 Å². The number of rotatable bonds is 3. The summed E-state index contributed by atoms with van der Waals surface area (Å²) in [7, 11) is 0. The SMILES string of the molecule is Cc1nc(CNC2CCN(C(=O)OC(C)(C)C)CC2)c(C)[nH]1. The Balaban J connectivity index is 1.75. The van der Waals surface area contributed by atoms with Gasteiger partial charge in [0.15, 0.2) is 0 Å². The fraction of sp³-hybridized carbons (Fsp3) is 0.750. The maximum atomic E-state index is 12.0. The highest BCUT2D eigenvalue weighted by molar-refractivity contribution is 5.68. The maximum absolute atomic E-state index is 12.0. The summed E-state index contributed by atoms with van der Waals surface area (Å²) in [6.45, 7) is 12.0. The summed E-state index contributed by atoms with van der Waals surface area (Å²) in [5.74, 6) is 0.953. The van der Waals surface area contributed by atoms with Gasteiger partial charge < -0.3 is 19.9 Å². The zero-order valence-electron chi connectivity index (χ0n) is 14.3. The molecule has 6 nitrogen and oxygen atoms in total.